The molecule has 92 valence electrons. The van der Waals surface area contributed by atoms with Crippen LogP contribution < -0.4 is 5.73 Å². The van der Waals surface area contributed by atoms with E-state index in [0.29, 0.717) is 22.1 Å². The normalized spacial score (nSPS) is 10.5. The van der Waals surface area contributed by atoms with Crippen LogP contribution in [-0.4, -0.2) is 4.98 Å². The Hall–Kier alpha value is -2.45. The number of hydrogen-bond donors (Lipinski definition) is 1. The van der Waals surface area contributed by atoms with Gasteiger partial charge in [0, 0.05) is 10.6 Å². The Morgan fingerprint density at radius 2 is 2.05 bits per heavy atom. The van der Waals surface area contributed by atoms with Crippen LogP contribution in [0.1, 0.15) is 5.56 Å². The van der Waals surface area contributed by atoms with Crippen molar-refractivity contribution in [3.63, 3.8) is 0 Å². The number of benzene rings is 2. The summed E-state index contributed by atoms with van der Waals surface area (Å²) >= 11 is 1.33. The maximum absolute atomic E-state index is 9.04. The second kappa shape index (κ2) is 4.67. The van der Waals surface area contributed by atoms with Crippen LogP contribution in [0.15, 0.2) is 57.0 Å². The van der Waals surface area contributed by atoms with E-state index in [4.69, 9.17) is 15.4 Å². The molecule has 0 aliphatic heterocycles. The maximum atomic E-state index is 9.04. The fourth-order valence-electron chi connectivity index (χ4n) is 1.71. The minimum atomic E-state index is 0.503. The van der Waals surface area contributed by atoms with Crippen molar-refractivity contribution < 1.29 is 4.42 Å². The summed E-state index contributed by atoms with van der Waals surface area (Å²) in [5, 5.41) is 9.54. The monoisotopic (exact) mass is 267 g/mol. The molecule has 5 heteroatoms. The number of nitrogens with zero attached hydrogens (tertiary/aromatic N) is 2. The Morgan fingerprint density at radius 1 is 1.21 bits per heavy atom. The molecular formula is C14H9N3OS. The van der Waals surface area contributed by atoms with Crippen molar-refractivity contribution >= 4 is 28.5 Å². The van der Waals surface area contributed by atoms with Crippen molar-refractivity contribution in [2.75, 3.05) is 5.73 Å². The number of nitriles is 1. The zero-order valence-electron chi connectivity index (χ0n) is 9.83. The molecule has 2 N–H and O–H groups in total. The van der Waals surface area contributed by atoms with E-state index in [1.54, 1.807) is 24.3 Å². The summed E-state index contributed by atoms with van der Waals surface area (Å²) in [6.45, 7) is 0. The molecule has 3 aromatic rings. The van der Waals surface area contributed by atoms with Crippen molar-refractivity contribution in [1.29, 1.82) is 5.26 Å². The van der Waals surface area contributed by atoms with Gasteiger partial charge in [0.15, 0.2) is 5.58 Å². The van der Waals surface area contributed by atoms with Crippen LogP contribution in [0.5, 0.6) is 0 Å². The standard InChI is InChI=1S/C14H9N3OS/c15-8-9-3-1-2-4-13(9)19-14-17-11-7-10(16)5-6-12(11)18-14/h1-7H,16H2. The van der Waals surface area contributed by atoms with Crippen LogP contribution in [0.2, 0.25) is 0 Å². The molecule has 0 saturated carbocycles. The number of fused-ring (bicyclic) bond motifs is 1. The molecule has 0 aliphatic rings. The summed E-state index contributed by atoms with van der Waals surface area (Å²) in [7, 11) is 0. The number of nitrogens with two attached hydrogens (primary N) is 1. The Balaban J connectivity index is 1.99. The van der Waals surface area contributed by atoms with Gasteiger partial charge in [0.05, 0.1) is 5.56 Å². The molecule has 0 aliphatic carbocycles. The van der Waals surface area contributed by atoms with E-state index >= 15 is 0 Å². The predicted octanol–water partition coefficient (Wildman–Crippen LogP) is 3.43. The first-order valence-corrected chi connectivity index (χ1v) is 6.41. The van der Waals surface area contributed by atoms with Crippen molar-refractivity contribution in [2.24, 2.45) is 0 Å². The molecule has 0 unspecified atom stereocenters. The molecule has 1 heterocycles. The smallest absolute Gasteiger partial charge is 0.261 e. The van der Waals surface area contributed by atoms with E-state index < -0.39 is 0 Å². The van der Waals surface area contributed by atoms with Gasteiger partial charge in [-0.2, -0.15) is 5.26 Å². The lowest BCUT2D eigenvalue weighted by molar-refractivity contribution is 0.489. The van der Waals surface area contributed by atoms with E-state index in [1.807, 2.05) is 18.2 Å². The molecule has 0 atom stereocenters. The quantitative estimate of drug-likeness (QED) is 0.720. The first-order valence-electron chi connectivity index (χ1n) is 5.59. The highest BCUT2D eigenvalue weighted by Crippen LogP contribution is 2.32. The number of hydrogen-bond acceptors (Lipinski definition) is 5. The Morgan fingerprint density at radius 3 is 2.89 bits per heavy atom. The first kappa shape index (κ1) is 11.6. The lowest BCUT2D eigenvalue weighted by Gasteiger charge is -1.98. The molecule has 0 amide bonds. The average molecular weight is 267 g/mol. The summed E-state index contributed by atoms with van der Waals surface area (Å²) in [5.41, 5.74) is 8.36. The van der Waals surface area contributed by atoms with Crippen molar-refractivity contribution in [2.45, 2.75) is 10.1 Å². The van der Waals surface area contributed by atoms with Crippen LogP contribution in [0.25, 0.3) is 11.1 Å². The van der Waals surface area contributed by atoms with Crippen molar-refractivity contribution in [1.82, 2.24) is 4.98 Å². The Kier molecular flexibility index (Phi) is 2.86. The first-order chi connectivity index (χ1) is 9.26. The van der Waals surface area contributed by atoms with Gasteiger partial charge in [0.25, 0.3) is 5.22 Å². The molecule has 0 spiro atoms. The van der Waals surface area contributed by atoms with Gasteiger partial charge in [0.1, 0.15) is 11.6 Å². The summed E-state index contributed by atoms with van der Waals surface area (Å²) in [5.74, 6) is 0. The van der Waals surface area contributed by atoms with Crippen LogP contribution in [0.3, 0.4) is 0 Å². The fraction of sp³-hybridized carbons (Fsp3) is 0. The number of oxazole rings is 1. The molecule has 4 nitrogen and oxygen atoms in total. The van der Waals surface area contributed by atoms with E-state index in [9.17, 15) is 0 Å². The van der Waals surface area contributed by atoms with Gasteiger partial charge in [-0.1, -0.05) is 12.1 Å². The topological polar surface area (TPSA) is 75.8 Å². The Labute approximate surface area is 113 Å². The lowest BCUT2D eigenvalue weighted by atomic mass is 10.2. The van der Waals surface area contributed by atoms with Crippen LogP contribution in [0.4, 0.5) is 5.69 Å². The summed E-state index contributed by atoms with van der Waals surface area (Å²) in [4.78, 5) is 5.17. The molecule has 1 aromatic heterocycles. The van der Waals surface area contributed by atoms with Gasteiger partial charge >= 0.3 is 0 Å². The van der Waals surface area contributed by atoms with Gasteiger partial charge in [0.2, 0.25) is 0 Å². The van der Waals surface area contributed by atoms with Crippen LogP contribution >= 0.6 is 11.8 Å². The SMILES string of the molecule is N#Cc1ccccc1Sc1nc2cc(N)ccc2o1. The molecular weight excluding hydrogens is 258 g/mol. The largest absolute Gasteiger partial charge is 0.431 e. The molecule has 2 aromatic carbocycles. The molecule has 3 rings (SSSR count). The summed E-state index contributed by atoms with van der Waals surface area (Å²) in [6.07, 6.45) is 0. The minimum absolute atomic E-state index is 0.503. The highest BCUT2D eigenvalue weighted by atomic mass is 32.2. The second-order valence-electron chi connectivity index (χ2n) is 3.92. The van der Waals surface area contributed by atoms with Gasteiger partial charge in [-0.3, -0.25) is 0 Å². The molecule has 0 saturated heterocycles. The van der Waals surface area contributed by atoms with Crippen LogP contribution in [0, 0.1) is 11.3 Å². The molecule has 19 heavy (non-hydrogen) atoms. The van der Waals surface area contributed by atoms with Gasteiger partial charge < -0.3 is 10.2 Å². The zero-order chi connectivity index (χ0) is 13.2. The highest BCUT2D eigenvalue weighted by molar-refractivity contribution is 7.99. The van der Waals surface area contributed by atoms with Crippen molar-refractivity contribution in [3.8, 4) is 6.07 Å². The van der Waals surface area contributed by atoms with Gasteiger partial charge in [-0.05, 0) is 42.1 Å². The third-order valence-corrected chi connectivity index (χ3v) is 3.52. The zero-order valence-corrected chi connectivity index (χ0v) is 10.6. The molecule has 0 fully saturated rings. The van der Waals surface area contributed by atoms with Gasteiger partial charge in [-0.25, -0.2) is 4.98 Å². The van der Waals surface area contributed by atoms with Gasteiger partial charge in [-0.15, -0.1) is 0 Å². The van der Waals surface area contributed by atoms with E-state index in [1.165, 1.54) is 11.8 Å². The minimum Gasteiger partial charge on any atom is -0.431 e. The number of aromatic nitrogens is 1. The third kappa shape index (κ3) is 2.26. The summed E-state index contributed by atoms with van der Waals surface area (Å²) < 4.78 is 5.61. The third-order valence-electron chi connectivity index (χ3n) is 2.60. The number of nitrogen functional groups attached to an aromatic ring is 1. The van der Waals surface area contributed by atoms with Crippen LogP contribution in [-0.2, 0) is 0 Å². The number of anilines is 1. The summed E-state index contributed by atoms with van der Waals surface area (Å²) in [6, 6.07) is 14.8. The highest BCUT2D eigenvalue weighted by Gasteiger charge is 2.10. The van der Waals surface area contributed by atoms with E-state index in [-0.39, 0.29) is 0 Å². The van der Waals surface area contributed by atoms with E-state index in [2.05, 4.69) is 11.1 Å². The lowest BCUT2D eigenvalue weighted by Crippen LogP contribution is -1.82. The maximum Gasteiger partial charge on any atom is 0.261 e. The second-order valence-corrected chi connectivity index (χ2v) is 4.91. The van der Waals surface area contributed by atoms with E-state index in [0.717, 1.165) is 10.4 Å². The average Bonchev–Trinajstić information content (AvgIpc) is 2.80. The Bertz CT molecular complexity index is 789. The predicted molar refractivity (Wildman–Crippen MR) is 73.7 cm³/mol. The number of rotatable bonds is 2. The molecule has 0 bridgehead atoms. The molecule has 0 radical (unpaired) electrons. The fourth-order valence-corrected chi connectivity index (χ4v) is 2.54. The van der Waals surface area contributed by atoms with Crippen molar-refractivity contribution in [3.05, 3.63) is 48.0 Å².